The molecule has 0 radical (unpaired) electrons. The molecule has 2 rings (SSSR count). The van der Waals surface area contributed by atoms with E-state index in [9.17, 15) is 4.79 Å². The summed E-state index contributed by atoms with van der Waals surface area (Å²) in [7, 11) is 0. The third-order valence-electron chi connectivity index (χ3n) is 2.96. The maximum atomic E-state index is 11.9. The number of halogens is 1. The van der Waals surface area contributed by atoms with E-state index >= 15 is 0 Å². The summed E-state index contributed by atoms with van der Waals surface area (Å²) in [5.41, 5.74) is 8.58. The van der Waals surface area contributed by atoms with Crippen molar-refractivity contribution in [1.29, 1.82) is 0 Å². The fraction of sp³-hybridized carbons (Fsp3) is 0.188. The minimum atomic E-state index is 0.259. The topological polar surface area (TPSA) is 43.1 Å². The number of nitrogen functional groups attached to an aromatic ring is 1. The zero-order valence-electron chi connectivity index (χ0n) is 10.6. The van der Waals surface area contributed by atoms with Crippen LogP contribution < -0.4 is 5.73 Å². The number of benzene rings is 2. The third-order valence-corrected chi connectivity index (χ3v) is 3.46. The van der Waals surface area contributed by atoms with Crippen molar-refractivity contribution in [3.8, 4) is 0 Å². The van der Waals surface area contributed by atoms with Crippen LogP contribution in [0.25, 0.3) is 0 Å². The molecule has 0 bridgehead atoms. The molecule has 0 atom stereocenters. The van der Waals surface area contributed by atoms with Crippen LogP contribution in [0.3, 0.4) is 0 Å². The molecule has 0 saturated heterocycles. The lowest BCUT2D eigenvalue weighted by Crippen LogP contribution is -2.04. The van der Waals surface area contributed by atoms with Gasteiger partial charge in [-0.2, -0.15) is 0 Å². The van der Waals surface area contributed by atoms with Gasteiger partial charge in [0, 0.05) is 23.0 Å². The van der Waals surface area contributed by atoms with Crippen molar-refractivity contribution in [2.75, 3.05) is 5.73 Å². The molecule has 0 spiro atoms. The zero-order valence-corrected chi connectivity index (χ0v) is 12.2. The molecule has 0 fully saturated rings. The Balaban J connectivity index is 1.86. The van der Waals surface area contributed by atoms with Gasteiger partial charge in [-0.25, -0.2) is 0 Å². The predicted molar refractivity (Wildman–Crippen MR) is 82.0 cm³/mol. The summed E-state index contributed by atoms with van der Waals surface area (Å²) in [6.45, 7) is 0. The Hall–Kier alpha value is -1.61. The van der Waals surface area contributed by atoms with E-state index in [4.69, 9.17) is 5.73 Å². The van der Waals surface area contributed by atoms with E-state index < -0.39 is 0 Å². The lowest BCUT2D eigenvalue weighted by atomic mass is 10.0. The summed E-state index contributed by atoms with van der Waals surface area (Å²) < 4.78 is 1.01. The SMILES string of the molecule is Nc1ccc(CCC(=O)Cc2cccc(Br)c2)cc1. The van der Waals surface area contributed by atoms with E-state index in [0.717, 1.165) is 27.7 Å². The number of nitrogens with two attached hydrogens (primary N) is 1. The van der Waals surface area contributed by atoms with Gasteiger partial charge < -0.3 is 5.73 Å². The van der Waals surface area contributed by atoms with Crippen molar-refractivity contribution < 1.29 is 4.79 Å². The molecule has 0 aromatic heterocycles. The van der Waals surface area contributed by atoms with Crippen molar-refractivity contribution in [3.63, 3.8) is 0 Å². The van der Waals surface area contributed by atoms with E-state index in [0.29, 0.717) is 12.8 Å². The average Bonchev–Trinajstić information content (AvgIpc) is 2.38. The molecule has 3 heteroatoms. The normalized spacial score (nSPS) is 10.4. The first kappa shape index (κ1) is 13.8. The molecule has 2 aromatic rings. The summed E-state index contributed by atoms with van der Waals surface area (Å²) in [5, 5.41) is 0. The highest BCUT2D eigenvalue weighted by molar-refractivity contribution is 9.10. The first-order valence-corrected chi connectivity index (χ1v) is 7.03. The van der Waals surface area contributed by atoms with Gasteiger partial charge in [0.05, 0.1) is 0 Å². The van der Waals surface area contributed by atoms with Gasteiger partial charge in [-0.05, 0) is 41.8 Å². The van der Waals surface area contributed by atoms with Gasteiger partial charge in [-0.1, -0.05) is 40.2 Å². The number of hydrogen-bond acceptors (Lipinski definition) is 2. The summed E-state index contributed by atoms with van der Waals surface area (Å²) in [6.07, 6.45) is 1.83. The number of aryl methyl sites for hydroxylation is 1. The fourth-order valence-corrected chi connectivity index (χ4v) is 2.38. The molecule has 0 unspecified atom stereocenters. The largest absolute Gasteiger partial charge is 0.399 e. The number of carbonyl (C=O) groups excluding carboxylic acids is 1. The molecule has 2 nitrogen and oxygen atoms in total. The van der Waals surface area contributed by atoms with Crippen molar-refractivity contribution in [2.45, 2.75) is 19.3 Å². The van der Waals surface area contributed by atoms with Crippen molar-refractivity contribution in [3.05, 3.63) is 64.1 Å². The summed E-state index contributed by atoms with van der Waals surface area (Å²) in [4.78, 5) is 11.9. The summed E-state index contributed by atoms with van der Waals surface area (Å²) in [5.74, 6) is 0.259. The molecule has 0 aliphatic carbocycles. The Bertz CT molecular complexity index is 563. The fourth-order valence-electron chi connectivity index (χ4n) is 1.93. The summed E-state index contributed by atoms with van der Waals surface area (Å²) in [6, 6.07) is 15.6. The lowest BCUT2D eigenvalue weighted by molar-refractivity contribution is -0.118. The Labute approximate surface area is 121 Å². The quantitative estimate of drug-likeness (QED) is 0.853. The van der Waals surface area contributed by atoms with Crippen LogP contribution in [-0.4, -0.2) is 5.78 Å². The van der Waals surface area contributed by atoms with Crippen LogP contribution in [0.15, 0.2) is 53.0 Å². The highest BCUT2D eigenvalue weighted by Crippen LogP contribution is 2.13. The molecule has 98 valence electrons. The van der Waals surface area contributed by atoms with Crippen LogP contribution >= 0.6 is 15.9 Å². The molecule has 2 N–H and O–H groups in total. The molecular weight excluding hydrogens is 302 g/mol. The van der Waals surface area contributed by atoms with Gasteiger partial charge in [0.25, 0.3) is 0 Å². The smallest absolute Gasteiger partial charge is 0.137 e. The lowest BCUT2D eigenvalue weighted by Gasteiger charge is -2.03. The molecule has 0 heterocycles. The molecule has 0 amide bonds. The van der Waals surface area contributed by atoms with Crippen LogP contribution in [0.5, 0.6) is 0 Å². The molecular formula is C16H16BrNO. The maximum Gasteiger partial charge on any atom is 0.137 e. The van der Waals surface area contributed by atoms with Gasteiger partial charge >= 0.3 is 0 Å². The van der Waals surface area contributed by atoms with E-state index in [1.807, 2.05) is 48.5 Å². The number of anilines is 1. The molecule has 0 aliphatic rings. The second-order valence-electron chi connectivity index (χ2n) is 4.59. The summed E-state index contributed by atoms with van der Waals surface area (Å²) >= 11 is 3.41. The highest BCUT2D eigenvalue weighted by Gasteiger charge is 2.05. The van der Waals surface area contributed by atoms with Crippen LogP contribution in [0, 0.1) is 0 Å². The van der Waals surface area contributed by atoms with Crippen LogP contribution in [-0.2, 0) is 17.6 Å². The third kappa shape index (κ3) is 4.52. The Morgan fingerprint density at radius 3 is 2.47 bits per heavy atom. The van der Waals surface area contributed by atoms with Crippen LogP contribution in [0.1, 0.15) is 17.5 Å². The van der Waals surface area contributed by atoms with Gasteiger partial charge in [0.2, 0.25) is 0 Å². The van der Waals surface area contributed by atoms with Crippen molar-refractivity contribution in [1.82, 2.24) is 0 Å². The van der Waals surface area contributed by atoms with Gasteiger partial charge in [-0.15, -0.1) is 0 Å². The highest BCUT2D eigenvalue weighted by atomic mass is 79.9. The minimum absolute atomic E-state index is 0.259. The monoisotopic (exact) mass is 317 g/mol. The number of hydrogen-bond donors (Lipinski definition) is 1. The van der Waals surface area contributed by atoms with E-state index in [-0.39, 0.29) is 5.78 Å². The minimum Gasteiger partial charge on any atom is -0.399 e. The number of ketones is 1. The first-order chi connectivity index (χ1) is 9.13. The average molecular weight is 318 g/mol. The Morgan fingerprint density at radius 1 is 1.05 bits per heavy atom. The second-order valence-corrected chi connectivity index (χ2v) is 5.50. The van der Waals surface area contributed by atoms with Gasteiger partial charge in [0.1, 0.15) is 5.78 Å². The second kappa shape index (κ2) is 6.53. The van der Waals surface area contributed by atoms with E-state index in [2.05, 4.69) is 15.9 Å². The van der Waals surface area contributed by atoms with Crippen molar-refractivity contribution >= 4 is 27.4 Å². The number of carbonyl (C=O) groups is 1. The first-order valence-electron chi connectivity index (χ1n) is 6.24. The van der Waals surface area contributed by atoms with Crippen molar-refractivity contribution in [2.24, 2.45) is 0 Å². The van der Waals surface area contributed by atoms with Crippen LogP contribution in [0.2, 0.25) is 0 Å². The molecule has 19 heavy (non-hydrogen) atoms. The van der Waals surface area contributed by atoms with Gasteiger partial charge in [-0.3, -0.25) is 4.79 Å². The van der Waals surface area contributed by atoms with Crippen LogP contribution in [0.4, 0.5) is 5.69 Å². The van der Waals surface area contributed by atoms with E-state index in [1.54, 1.807) is 0 Å². The molecule has 0 aliphatic heterocycles. The number of rotatable bonds is 5. The Kier molecular flexibility index (Phi) is 4.74. The van der Waals surface area contributed by atoms with Gasteiger partial charge in [0.15, 0.2) is 0 Å². The maximum absolute atomic E-state index is 11.9. The standard InChI is InChI=1S/C16H16BrNO/c17-14-3-1-2-13(10-14)11-16(19)9-6-12-4-7-15(18)8-5-12/h1-5,7-8,10H,6,9,11,18H2. The predicted octanol–water partition coefficient (Wildman–Crippen LogP) is 3.78. The zero-order chi connectivity index (χ0) is 13.7. The molecule has 2 aromatic carbocycles. The van der Waals surface area contributed by atoms with E-state index in [1.165, 1.54) is 0 Å². The Morgan fingerprint density at radius 2 is 1.79 bits per heavy atom. The molecule has 0 saturated carbocycles. The number of Topliss-reactive ketones (excluding diaryl/α,β-unsaturated/α-hetero) is 1.